The van der Waals surface area contributed by atoms with Crippen LogP contribution in [0.4, 0.5) is 19.0 Å². The van der Waals surface area contributed by atoms with Gasteiger partial charge in [-0.15, -0.1) is 0 Å². The Balaban J connectivity index is 1.74. The van der Waals surface area contributed by atoms with Crippen molar-refractivity contribution in [3.8, 4) is 0 Å². The lowest BCUT2D eigenvalue weighted by Gasteiger charge is -2.24. The Morgan fingerprint density at radius 1 is 1.18 bits per heavy atom. The predicted octanol–water partition coefficient (Wildman–Crippen LogP) is 4.20. The van der Waals surface area contributed by atoms with E-state index in [2.05, 4.69) is 15.3 Å². The number of hydrogen-bond donors (Lipinski definition) is 1. The summed E-state index contributed by atoms with van der Waals surface area (Å²) in [5.74, 6) is 2.10. The smallest absolute Gasteiger partial charge is 0.365 e. The maximum Gasteiger partial charge on any atom is 0.416 e. The average Bonchev–Trinajstić information content (AvgIpc) is 2.75. The van der Waals surface area contributed by atoms with Crippen molar-refractivity contribution in [2.24, 2.45) is 7.05 Å². The second-order valence-electron chi connectivity index (χ2n) is 8.38. The van der Waals surface area contributed by atoms with Crippen LogP contribution in [0.1, 0.15) is 47.0 Å². The Labute approximate surface area is 191 Å². The van der Waals surface area contributed by atoms with Crippen molar-refractivity contribution in [3.63, 3.8) is 0 Å². The predicted molar refractivity (Wildman–Crippen MR) is 123 cm³/mol. The summed E-state index contributed by atoms with van der Waals surface area (Å²) in [5.41, 5.74) is 0.813. The minimum Gasteiger partial charge on any atom is -0.365 e. The highest BCUT2D eigenvalue weighted by atomic mass is 32.2. The molecule has 0 saturated carbocycles. The lowest BCUT2D eigenvalue weighted by atomic mass is 9.96. The molecule has 10 heteroatoms. The molecule has 1 fully saturated rings. The van der Waals surface area contributed by atoms with E-state index < -0.39 is 22.5 Å². The van der Waals surface area contributed by atoms with E-state index in [1.807, 2.05) is 6.07 Å². The van der Waals surface area contributed by atoms with Crippen molar-refractivity contribution in [3.05, 3.63) is 62.8 Å². The number of hydrogen-bond acceptors (Lipinski definition) is 5. The Morgan fingerprint density at radius 2 is 1.88 bits per heavy atom. The van der Waals surface area contributed by atoms with Crippen molar-refractivity contribution >= 4 is 27.5 Å². The van der Waals surface area contributed by atoms with E-state index in [4.69, 9.17) is 0 Å². The third-order valence-corrected chi connectivity index (χ3v) is 7.63. The Morgan fingerprint density at radius 3 is 2.55 bits per heavy atom. The van der Waals surface area contributed by atoms with Crippen molar-refractivity contribution in [1.29, 1.82) is 0 Å². The summed E-state index contributed by atoms with van der Waals surface area (Å²) in [6.07, 6.45) is -2.97. The zero-order chi connectivity index (χ0) is 23.9. The third-order valence-electron chi connectivity index (χ3n) is 6.25. The SMILES string of the molecule is Cc1nc(NCc2cccc(C(F)(F)F)c2C)c2cc(C3CCS(=O)CC3)n(C)c(=O)c2n1. The topological polar surface area (TPSA) is 76.9 Å². The molecular weight excluding hydrogens is 453 g/mol. The molecular formula is C23H25F3N4O2S. The molecule has 6 nitrogen and oxygen atoms in total. The molecule has 1 aliphatic heterocycles. The molecule has 0 amide bonds. The summed E-state index contributed by atoms with van der Waals surface area (Å²) >= 11 is 0. The largest absolute Gasteiger partial charge is 0.416 e. The molecule has 0 bridgehead atoms. The number of aryl methyl sites for hydroxylation is 1. The quantitative estimate of drug-likeness (QED) is 0.608. The maximum atomic E-state index is 13.3. The van der Waals surface area contributed by atoms with Gasteiger partial charge in [0.05, 0.1) is 10.9 Å². The van der Waals surface area contributed by atoms with Gasteiger partial charge in [-0.25, -0.2) is 9.97 Å². The first kappa shape index (κ1) is 23.4. The number of pyridine rings is 1. The maximum absolute atomic E-state index is 13.3. The number of alkyl halides is 3. The highest BCUT2D eigenvalue weighted by Crippen LogP contribution is 2.34. The average molecular weight is 479 g/mol. The van der Waals surface area contributed by atoms with Crippen LogP contribution in [-0.4, -0.2) is 30.2 Å². The summed E-state index contributed by atoms with van der Waals surface area (Å²) in [6, 6.07) is 5.98. The van der Waals surface area contributed by atoms with Gasteiger partial charge in [-0.3, -0.25) is 9.00 Å². The molecule has 0 spiro atoms. The number of anilines is 1. The Hall–Kier alpha value is -2.75. The first-order valence-corrected chi connectivity index (χ1v) is 12.2. The molecule has 1 aliphatic rings. The van der Waals surface area contributed by atoms with E-state index in [-0.39, 0.29) is 29.1 Å². The first-order valence-electron chi connectivity index (χ1n) is 10.7. The van der Waals surface area contributed by atoms with Gasteiger partial charge >= 0.3 is 6.18 Å². The first-order chi connectivity index (χ1) is 15.6. The van der Waals surface area contributed by atoms with Crippen LogP contribution in [0.2, 0.25) is 0 Å². The van der Waals surface area contributed by atoms with Crippen molar-refractivity contribution in [2.75, 3.05) is 16.8 Å². The van der Waals surface area contributed by atoms with Crippen LogP contribution in [-0.2, 0) is 30.6 Å². The monoisotopic (exact) mass is 478 g/mol. The second-order valence-corrected chi connectivity index (χ2v) is 10.1. The lowest BCUT2D eigenvalue weighted by Crippen LogP contribution is -2.27. The number of halogens is 3. The molecule has 176 valence electrons. The molecule has 0 radical (unpaired) electrons. The van der Waals surface area contributed by atoms with Crippen LogP contribution < -0.4 is 10.9 Å². The number of benzene rings is 1. The molecule has 33 heavy (non-hydrogen) atoms. The van der Waals surface area contributed by atoms with Crippen molar-refractivity contribution in [2.45, 2.75) is 45.3 Å². The van der Waals surface area contributed by atoms with Gasteiger partial charge in [0, 0.05) is 47.5 Å². The molecule has 1 saturated heterocycles. The summed E-state index contributed by atoms with van der Waals surface area (Å²) < 4.78 is 53.2. The van der Waals surface area contributed by atoms with Crippen molar-refractivity contribution in [1.82, 2.24) is 14.5 Å². The summed E-state index contributed by atoms with van der Waals surface area (Å²) in [5, 5.41) is 3.67. The van der Waals surface area contributed by atoms with Gasteiger partial charge in [-0.2, -0.15) is 13.2 Å². The van der Waals surface area contributed by atoms with E-state index in [0.717, 1.165) is 24.6 Å². The van der Waals surface area contributed by atoms with Gasteiger partial charge in [-0.1, -0.05) is 12.1 Å². The molecule has 4 rings (SSSR count). The van der Waals surface area contributed by atoms with Crippen LogP contribution in [0.15, 0.2) is 29.1 Å². The van der Waals surface area contributed by atoms with Crippen molar-refractivity contribution < 1.29 is 17.4 Å². The summed E-state index contributed by atoms with van der Waals surface area (Å²) in [6.45, 7) is 3.24. The zero-order valence-electron chi connectivity index (χ0n) is 18.6. The number of nitrogens with one attached hydrogen (secondary N) is 1. The van der Waals surface area contributed by atoms with E-state index in [1.54, 1.807) is 24.6 Å². The number of rotatable bonds is 4. The number of fused-ring (bicyclic) bond motifs is 1. The molecule has 0 atom stereocenters. The van der Waals surface area contributed by atoms with E-state index in [0.29, 0.717) is 34.1 Å². The summed E-state index contributed by atoms with van der Waals surface area (Å²) in [4.78, 5) is 21.9. The fourth-order valence-corrected chi connectivity index (χ4v) is 5.68. The van der Waals surface area contributed by atoms with Gasteiger partial charge in [0.25, 0.3) is 5.56 Å². The molecule has 0 aliphatic carbocycles. The molecule has 3 heterocycles. The number of aromatic nitrogens is 3. The molecule has 1 N–H and O–H groups in total. The second kappa shape index (κ2) is 8.89. The van der Waals surface area contributed by atoms with Crippen LogP contribution in [0.5, 0.6) is 0 Å². The van der Waals surface area contributed by atoms with Gasteiger partial charge < -0.3 is 9.88 Å². The van der Waals surface area contributed by atoms with E-state index in [1.165, 1.54) is 13.0 Å². The van der Waals surface area contributed by atoms with E-state index >= 15 is 0 Å². The van der Waals surface area contributed by atoms with Crippen LogP contribution in [0, 0.1) is 13.8 Å². The van der Waals surface area contributed by atoms with Crippen LogP contribution in [0.3, 0.4) is 0 Å². The number of nitrogens with zero attached hydrogens (tertiary/aromatic N) is 3. The van der Waals surface area contributed by atoms with Gasteiger partial charge in [0.15, 0.2) is 0 Å². The Bertz CT molecular complexity index is 1290. The Kier molecular flexibility index (Phi) is 6.30. The molecule has 2 aromatic heterocycles. The minimum atomic E-state index is -4.43. The van der Waals surface area contributed by atoms with Crippen LogP contribution >= 0.6 is 0 Å². The van der Waals surface area contributed by atoms with Gasteiger partial charge in [0.2, 0.25) is 0 Å². The van der Waals surface area contributed by atoms with Crippen LogP contribution in [0.25, 0.3) is 10.9 Å². The fourth-order valence-electron chi connectivity index (χ4n) is 4.38. The minimum absolute atomic E-state index is 0.102. The fraction of sp³-hybridized carbons (Fsp3) is 0.435. The lowest BCUT2D eigenvalue weighted by molar-refractivity contribution is -0.138. The third kappa shape index (κ3) is 4.66. The molecule has 1 aromatic carbocycles. The van der Waals surface area contributed by atoms with Gasteiger partial charge in [0.1, 0.15) is 17.2 Å². The zero-order valence-corrected chi connectivity index (χ0v) is 19.4. The highest BCUT2D eigenvalue weighted by molar-refractivity contribution is 7.85. The normalized spacial score (nSPS) is 19.1. The summed E-state index contributed by atoms with van der Waals surface area (Å²) in [7, 11) is 0.887. The molecule has 0 unspecified atom stereocenters. The molecule has 3 aromatic rings. The highest BCUT2D eigenvalue weighted by Gasteiger charge is 2.32. The van der Waals surface area contributed by atoms with Gasteiger partial charge in [-0.05, 0) is 49.9 Å². The standard InChI is InChI=1S/C23H25F3N4O2S/c1-13-16(5-4-6-18(13)23(24,25)26)12-27-21-17-11-19(15-7-9-33(32)10-8-15)30(3)22(31)20(17)28-14(2)29-21/h4-6,11,15H,7-10,12H2,1-3H3,(H,27,28,29). The van der Waals surface area contributed by atoms with E-state index in [9.17, 15) is 22.2 Å².